The fourth-order valence-corrected chi connectivity index (χ4v) is 2.58. The maximum atomic E-state index is 13.0. The largest absolute Gasteiger partial charge is 0.492 e. The van der Waals surface area contributed by atoms with Crippen molar-refractivity contribution in [2.75, 3.05) is 32.8 Å². The monoisotopic (exact) mass is 324 g/mol. The summed E-state index contributed by atoms with van der Waals surface area (Å²) < 4.78 is 18.3. The zero-order valence-electron chi connectivity index (χ0n) is 12.8. The molecule has 1 saturated heterocycles. The molecule has 1 aromatic carbocycles. The van der Waals surface area contributed by atoms with E-state index in [2.05, 4.69) is 5.32 Å². The third-order valence-electron chi connectivity index (χ3n) is 3.71. The van der Waals surface area contributed by atoms with Crippen LogP contribution in [0.25, 0.3) is 0 Å². The molecule has 1 amide bonds. The molecule has 2 N–H and O–H groups in total. The van der Waals surface area contributed by atoms with Crippen LogP contribution in [0.1, 0.15) is 12.8 Å². The second-order valence-corrected chi connectivity index (χ2v) is 5.57. The Kier molecular flexibility index (Phi) is 6.34. The average molecular weight is 324 g/mol. The van der Waals surface area contributed by atoms with Gasteiger partial charge in [0.05, 0.1) is 19.0 Å². The van der Waals surface area contributed by atoms with Gasteiger partial charge in [0.15, 0.2) is 0 Å². The number of carbonyl (C=O) groups excluding carboxylic acids is 1. The van der Waals surface area contributed by atoms with Crippen LogP contribution >= 0.6 is 0 Å². The highest BCUT2D eigenvalue weighted by atomic mass is 19.1. The fraction of sp³-hybridized carbons (Fsp3) is 0.500. The van der Waals surface area contributed by atoms with Gasteiger partial charge >= 0.3 is 5.97 Å². The van der Waals surface area contributed by atoms with E-state index in [4.69, 9.17) is 9.84 Å². The minimum Gasteiger partial charge on any atom is -0.492 e. The van der Waals surface area contributed by atoms with E-state index in [0.717, 1.165) is 13.0 Å². The summed E-state index contributed by atoms with van der Waals surface area (Å²) in [5, 5.41) is 11.7. The van der Waals surface area contributed by atoms with Crippen molar-refractivity contribution < 1.29 is 23.8 Å². The van der Waals surface area contributed by atoms with Gasteiger partial charge in [-0.2, -0.15) is 0 Å². The number of aliphatic carboxylic acids is 1. The Morgan fingerprint density at radius 1 is 1.43 bits per heavy atom. The van der Waals surface area contributed by atoms with Crippen molar-refractivity contribution in [2.24, 2.45) is 5.92 Å². The summed E-state index contributed by atoms with van der Waals surface area (Å²) in [6.45, 7) is 1.88. The van der Waals surface area contributed by atoms with E-state index < -0.39 is 11.9 Å². The van der Waals surface area contributed by atoms with Crippen LogP contribution in [0, 0.1) is 11.7 Å². The summed E-state index contributed by atoms with van der Waals surface area (Å²) in [4.78, 5) is 24.7. The minimum atomic E-state index is -0.807. The standard InChI is InChI=1S/C16H21FN2O4/c17-13-4-1-5-14(9-13)23-8-6-18-15(20)11-19-7-2-3-12(10-19)16(21)22/h1,4-5,9,12H,2-3,6-8,10-11H2,(H,18,20)(H,21,22). The molecule has 1 aromatic rings. The van der Waals surface area contributed by atoms with E-state index in [1.165, 1.54) is 12.1 Å². The van der Waals surface area contributed by atoms with Crippen molar-refractivity contribution in [2.45, 2.75) is 12.8 Å². The van der Waals surface area contributed by atoms with Crippen molar-refractivity contribution in [3.63, 3.8) is 0 Å². The van der Waals surface area contributed by atoms with E-state index >= 15 is 0 Å². The molecular weight excluding hydrogens is 303 g/mol. The maximum absolute atomic E-state index is 13.0. The molecule has 2 rings (SSSR count). The van der Waals surface area contributed by atoms with Crippen LogP contribution < -0.4 is 10.1 Å². The highest BCUT2D eigenvalue weighted by molar-refractivity contribution is 5.78. The smallest absolute Gasteiger partial charge is 0.307 e. The van der Waals surface area contributed by atoms with Crippen LogP contribution in [0.4, 0.5) is 4.39 Å². The van der Waals surface area contributed by atoms with E-state index in [9.17, 15) is 14.0 Å². The Morgan fingerprint density at radius 2 is 2.26 bits per heavy atom. The van der Waals surface area contributed by atoms with Gasteiger partial charge in [-0.25, -0.2) is 4.39 Å². The molecule has 126 valence electrons. The summed E-state index contributed by atoms with van der Waals surface area (Å²) in [6, 6.07) is 5.81. The number of hydrogen-bond acceptors (Lipinski definition) is 4. The summed E-state index contributed by atoms with van der Waals surface area (Å²) >= 11 is 0. The van der Waals surface area contributed by atoms with Crippen molar-refractivity contribution in [3.8, 4) is 5.75 Å². The van der Waals surface area contributed by atoms with Gasteiger partial charge in [0.2, 0.25) is 5.91 Å². The number of nitrogens with one attached hydrogen (secondary N) is 1. The molecule has 1 unspecified atom stereocenters. The SMILES string of the molecule is O=C(CN1CCCC(C(=O)O)C1)NCCOc1cccc(F)c1. The third kappa shape index (κ3) is 5.86. The summed E-state index contributed by atoms with van der Waals surface area (Å²) in [5.74, 6) is -1.32. The number of hydrogen-bond donors (Lipinski definition) is 2. The number of rotatable bonds is 7. The minimum absolute atomic E-state index is 0.168. The molecule has 1 heterocycles. The summed E-state index contributed by atoms with van der Waals surface area (Å²) in [5.41, 5.74) is 0. The molecule has 1 atom stereocenters. The number of ether oxygens (including phenoxy) is 1. The number of amides is 1. The number of carbonyl (C=O) groups is 2. The first-order valence-electron chi connectivity index (χ1n) is 7.65. The molecule has 0 bridgehead atoms. The lowest BCUT2D eigenvalue weighted by Gasteiger charge is -2.29. The number of likely N-dealkylation sites (tertiary alicyclic amines) is 1. The average Bonchev–Trinajstić information content (AvgIpc) is 2.52. The highest BCUT2D eigenvalue weighted by Gasteiger charge is 2.26. The van der Waals surface area contributed by atoms with Crippen molar-refractivity contribution in [1.29, 1.82) is 0 Å². The Labute approximate surface area is 134 Å². The maximum Gasteiger partial charge on any atom is 0.307 e. The first kappa shape index (κ1) is 17.2. The van der Waals surface area contributed by atoms with E-state index in [0.29, 0.717) is 25.3 Å². The van der Waals surface area contributed by atoms with Crippen molar-refractivity contribution >= 4 is 11.9 Å². The van der Waals surface area contributed by atoms with Gasteiger partial charge in [-0.3, -0.25) is 14.5 Å². The molecule has 7 heteroatoms. The molecule has 0 aliphatic carbocycles. The second-order valence-electron chi connectivity index (χ2n) is 5.57. The van der Waals surface area contributed by atoms with E-state index in [1.807, 2.05) is 4.90 Å². The van der Waals surface area contributed by atoms with Gasteiger partial charge in [0, 0.05) is 12.6 Å². The number of halogens is 1. The molecule has 1 fully saturated rings. The lowest BCUT2D eigenvalue weighted by Crippen LogP contribution is -2.44. The number of carboxylic acids is 1. The molecule has 0 radical (unpaired) electrons. The van der Waals surface area contributed by atoms with Crippen LogP contribution in [0.15, 0.2) is 24.3 Å². The topological polar surface area (TPSA) is 78.9 Å². The van der Waals surface area contributed by atoms with E-state index in [1.54, 1.807) is 12.1 Å². The van der Waals surface area contributed by atoms with Crippen LogP contribution in [-0.2, 0) is 9.59 Å². The van der Waals surface area contributed by atoms with Crippen LogP contribution in [0.2, 0.25) is 0 Å². The molecule has 1 aliphatic heterocycles. The molecule has 0 saturated carbocycles. The Balaban J connectivity index is 1.64. The van der Waals surface area contributed by atoms with Gasteiger partial charge in [-0.15, -0.1) is 0 Å². The Morgan fingerprint density at radius 3 is 3.00 bits per heavy atom. The van der Waals surface area contributed by atoms with Gasteiger partial charge in [-0.05, 0) is 31.5 Å². The quantitative estimate of drug-likeness (QED) is 0.735. The first-order valence-corrected chi connectivity index (χ1v) is 7.65. The highest BCUT2D eigenvalue weighted by Crippen LogP contribution is 2.16. The van der Waals surface area contributed by atoms with Crippen LogP contribution in [0.3, 0.4) is 0 Å². The first-order chi connectivity index (χ1) is 11.0. The number of nitrogens with zero attached hydrogens (tertiary/aromatic N) is 1. The molecular formula is C16H21FN2O4. The number of benzene rings is 1. The molecule has 6 nitrogen and oxygen atoms in total. The van der Waals surface area contributed by atoms with Gasteiger partial charge < -0.3 is 15.2 Å². The molecule has 0 aromatic heterocycles. The van der Waals surface area contributed by atoms with Crippen molar-refractivity contribution in [1.82, 2.24) is 10.2 Å². The Bertz CT molecular complexity index is 553. The second kappa shape index (κ2) is 8.47. The van der Waals surface area contributed by atoms with Gasteiger partial charge in [-0.1, -0.05) is 6.07 Å². The summed E-state index contributed by atoms with van der Waals surface area (Å²) in [7, 11) is 0. The van der Waals surface area contributed by atoms with Crippen molar-refractivity contribution in [3.05, 3.63) is 30.1 Å². The fourth-order valence-electron chi connectivity index (χ4n) is 2.58. The predicted octanol–water partition coefficient (Wildman–Crippen LogP) is 1.12. The zero-order valence-corrected chi connectivity index (χ0v) is 12.8. The third-order valence-corrected chi connectivity index (χ3v) is 3.71. The van der Waals surface area contributed by atoms with Crippen LogP contribution in [-0.4, -0.2) is 54.7 Å². The molecule has 1 aliphatic rings. The molecule has 0 spiro atoms. The van der Waals surface area contributed by atoms with Gasteiger partial charge in [0.25, 0.3) is 0 Å². The van der Waals surface area contributed by atoms with Gasteiger partial charge in [0.1, 0.15) is 18.2 Å². The number of carboxylic acid groups (broad SMARTS) is 1. The number of piperidine rings is 1. The van der Waals surface area contributed by atoms with Crippen LogP contribution in [0.5, 0.6) is 5.75 Å². The summed E-state index contributed by atoms with van der Waals surface area (Å²) in [6.07, 6.45) is 1.45. The normalized spacial score (nSPS) is 18.4. The lowest BCUT2D eigenvalue weighted by atomic mass is 9.98. The molecule has 23 heavy (non-hydrogen) atoms. The zero-order chi connectivity index (χ0) is 16.7. The lowest BCUT2D eigenvalue weighted by molar-refractivity contribution is -0.144. The van der Waals surface area contributed by atoms with E-state index in [-0.39, 0.29) is 24.9 Å². The predicted molar refractivity (Wildman–Crippen MR) is 81.7 cm³/mol. The Hall–Kier alpha value is -2.15.